The fourth-order valence-electron chi connectivity index (χ4n) is 2.77. The summed E-state index contributed by atoms with van der Waals surface area (Å²) in [6.45, 7) is 2.13. The van der Waals surface area contributed by atoms with Crippen molar-refractivity contribution >= 4 is 0 Å². The van der Waals surface area contributed by atoms with Crippen LogP contribution >= 0.6 is 0 Å². The molecule has 0 unspecified atom stereocenters. The molecule has 2 aromatic carbocycles. The molecule has 0 radical (unpaired) electrons. The molecule has 5 nitrogen and oxygen atoms in total. The number of rotatable bonds is 6. The largest absolute Gasteiger partial charge is 0.496 e. The Balaban J connectivity index is 2.13. The first-order chi connectivity index (χ1) is 12.2. The minimum absolute atomic E-state index is 0.598. The Morgan fingerprint density at radius 2 is 1.48 bits per heavy atom. The summed E-state index contributed by atoms with van der Waals surface area (Å²) < 4.78 is 21.5. The molecule has 0 atom stereocenters. The predicted molar refractivity (Wildman–Crippen MR) is 96.4 cm³/mol. The molecule has 0 aliphatic carbocycles. The topological polar surface area (TPSA) is 53.7 Å². The summed E-state index contributed by atoms with van der Waals surface area (Å²) in [4.78, 5) is 0. The number of hydrogen-bond acceptors (Lipinski definition) is 5. The van der Waals surface area contributed by atoms with E-state index in [1.165, 1.54) is 5.56 Å². The van der Waals surface area contributed by atoms with Crippen LogP contribution in [0.3, 0.4) is 0 Å². The van der Waals surface area contributed by atoms with E-state index in [0.29, 0.717) is 22.9 Å². The van der Waals surface area contributed by atoms with Gasteiger partial charge >= 0.3 is 0 Å². The fraction of sp³-hybridized carbons (Fsp3) is 0.250. The molecule has 0 N–H and O–H groups in total. The minimum Gasteiger partial charge on any atom is -0.496 e. The van der Waals surface area contributed by atoms with Gasteiger partial charge < -0.3 is 18.7 Å². The highest BCUT2D eigenvalue weighted by atomic mass is 16.5. The van der Waals surface area contributed by atoms with Gasteiger partial charge in [0.15, 0.2) is 11.5 Å². The molecule has 0 bridgehead atoms. The monoisotopic (exact) mass is 339 g/mol. The smallest absolute Gasteiger partial charge is 0.164 e. The Morgan fingerprint density at radius 1 is 0.840 bits per heavy atom. The van der Waals surface area contributed by atoms with Crippen LogP contribution in [-0.2, 0) is 6.42 Å². The van der Waals surface area contributed by atoms with Crippen molar-refractivity contribution in [3.05, 3.63) is 48.2 Å². The van der Waals surface area contributed by atoms with Gasteiger partial charge in [-0.15, -0.1) is 0 Å². The van der Waals surface area contributed by atoms with Crippen molar-refractivity contribution in [3.63, 3.8) is 0 Å². The fourth-order valence-corrected chi connectivity index (χ4v) is 2.77. The minimum atomic E-state index is 0.598. The molecule has 5 heteroatoms. The SMILES string of the molecule is CCc1ccc(-c2conc2-c2cc(OC)c(OC)cc2OC)cc1. The first-order valence-corrected chi connectivity index (χ1v) is 8.05. The first kappa shape index (κ1) is 16.9. The Kier molecular flexibility index (Phi) is 4.93. The van der Waals surface area contributed by atoms with E-state index >= 15 is 0 Å². The molecule has 25 heavy (non-hydrogen) atoms. The summed E-state index contributed by atoms with van der Waals surface area (Å²) in [5.74, 6) is 1.84. The van der Waals surface area contributed by atoms with Gasteiger partial charge in [-0.1, -0.05) is 36.3 Å². The van der Waals surface area contributed by atoms with Crippen LogP contribution in [0.1, 0.15) is 12.5 Å². The van der Waals surface area contributed by atoms with E-state index in [4.69, 9.17) is 18.7 Å². The molecular formula is C20H21NO4. The number of aromatic nitrogens is 1. The second kappa shape index (κ2) is 7.30. The van der Waals surface area contributed by atoms with Crippen molar-refractivity contribution in [1.82, 2.24) is 5.16 Å². The van der Waals surface area contributed by atoms with Crippen LogP contribution in [0.25, 0.3) is 22.4 Å². The van der Waals surface area contributed by atoms with E-state index in [9.17, 15) is 0 Å². The number of aryl methyl sites for hydroxylation is 1. The second-order valence-corrected chi connectivity index (χ2v) is 5.53. The van der Waals surface area contributed by atoms with Crippen molar-refractivity contribution in [2.45, 2.75) is 13.3 Å². The molecule has 3 aromatic rings. The first-order valence-electron chi connectivity index (χ1n) is 8.05. The molecule has 1 heterocycles. The number of ether oxygens (including phenoxy) is 3. The Labute approximate surface area is 147 Å². The maximum absolute atomic E-state index is 5.52. The predicted octanol–water partition coefficient (Wildman–Crippen LogP) is 4.60. The van der Waals surface area contributed by atoms with E-state index in [-0.39, 0.29) is 0 Å². The normalized spacial score (nSPS) is 10.6. The molecule has 0 aliphatic rings. The third-order valence-electron chi connectivity index (χ3n) is 4.20. The van der Waals surface area contributed by atoms with Gasteiger partial charge in [-0.25, -0.2) is 0 Å². The van der Waals surface area contributed by atoms with E-state index in [1.54, 1.807) is 33.7 Å². The Morgan fingerprint density at radius 3 is 2.08 bits per heavy atom. The maximum Gasteiger partial charge on any atom is 0.164 e. The quantitative estimate of drug-likeness (QED) is 0.657. The van der Waals surface area contributed by atoms with Gasteiger partial charge in [-0.05, 0) is 23.6 Å². The van der Waals surface area contributed by atoms with Crippen LogP contribution in [0.5, 0.6) is 17.2 Å². The van der Waals surface area contributed by atoms with Crippen LogP contribution in [0.4, 0.5) is 0 Å². The maximum atomic E-state index is 5.52. The van der Waals surface area contributed by atoms with E-state index in [1.807, 2.05) is 6.07 Å². The number of nitrogens with zero attached hydrogens (tertiary/aromatic N) is 1. The summed E-state index contributed by atoms with van der Waals surface area (Å²) in [6.07, 6.45) is 2.65. The van der Waals surface area contributed by atoms with E-state index in [0.717, 1.165) is 23.1 Å². The Bertz CT molecular complexity index is 853. The molecular weight excluding hydrogens is 318 g/mol. The zero-order valence-corrected chi connectivity index (χ0v) is 14.8. The van der Waals surface area contributed by atoms with Gasteiger partial charge in [-0.2, -0.15) is 0 Å². The third kappa shape index (κ3) is 3.18. The van der Waals surface area contributed by atoms with E-state index < -0.39 is 0 Å². The molecule has 0 spiro atoms. The van der Waals surface area contributed by atoms with Gasteiger partial charge in [0.25, 0.3) is 0 Å². The van der Waals surface area contributed by atoms with Crippen LogP contribution in [0, 0.1) is 0 Å². The molecule has 130 valence electrons. The van der Waals surface area contributed by atoms with Crippen molar-refractivity contribution < 1.29 is 18.7 Å². The number of hydrogen-bond donors (Lipinski definition) is 0. The van der Waals surface area contributed by atoms with Gasteiger partial charge in [0, 0.05) is 11.6 Å². The van der Waals surface area contributed by atoms with Crippen molar-refractivity contribution in [2.24, 2.45) is 0 Å². The highest BCUT2D eigenvalue weighted by Crippen LogP contribution is 2.42. The van der Waals surface area contributed by atoms with Crippen LogP contribution in [-0.4, -0.2) is 26.5 Å². The van der Waals surface area contributed by atoms with Crippen LogP contribution < -0.4 is 14.2 Å². The van der Waals surface area contributed by atoms with E-state index in [2.05, 4.69) is 36.3 Å². The van der Waals surface area contributed by atoms with Gasteiger partial charge in [-0.3, -0.25) is 0 Å². The second-order valence-electron chi connectivity index (χ2n) is 5.53. The highest BCUT2D eigenvalue weighted by molar-refractivity contribution is 5.84. The summed E-state index contributed by atoms with van der Waals surface area (Å²) >= 11 is 0. The highest BCUT2D eigenvalue weighted by Gasteiger charge is 2.20. The molecule has 0 amide bonds. The molecule has 0 fully saturated rings. The standard InChI is InChI=1S/C20H21NO4/c1-5-13-6-8-14(9-7-13)16-12-25-21-20(16)15-10-18(23-3)19(24-4)11-17(15)22-2/h6-12H,5H2,1-4H3. The van der Waals surface area contributed by atoms with Crippen LogP contribution in [0.15, 0.2) is 47.2 Å². The molecule has 1 aromatic heterocycles. The zero-order valence-electron chi connectivity index (χ0n) is 14.8. The third-order valence-corrected chi connectivity index (χ3v) is 4.20. The number of benzene rings is 2. The zero-order chi connectivity index (χ0) is 17.8. The van der Waals surface area contributed by atoms with Crippen molar-refractivity contribution in [2.75, 3.05) is 21.3 Å². The summed E-state index contributed by atoms with van der Waals surface area (Å²) in [5.41, 5.74) is 4.69. The summed E-state index contributed by atoms with van der Waals surface area (Å²) in [7, 11) is 4.80. The summed E-state index contributed by atoms with van der Waals surface area (Å²) in [6, 6.07) is 12.0. The van der Waals surface area contributed by atoms with Crippen LogP contribution in [0.2, 0.25) is 0 Å². The molecule has 0 aliphatic heterocycles. The molecule has 3 rings (SSSR count). The lowest BCUT2D eigenvalue weighted by atomic mass is 9.99. The average Bonchev–Trinajstić information content (AvgIpc) is 3.16. The lowest BCUT2D eigenvalue weighted by molar-refractivity contribution is 0.349. The molecule has 0 saturated carbocycles. The average molecular weight is 339 g/mol. The van der Waals surface area contributed by atoms with Gasteiger partial charge in [0.1, 0.15) is 17.7 Å². The lowest BCUT2D eigenvalue weighted by Crippen LogP contribution is -1.95. The van der Waals surface area contributed by atoms with Gasteiger partial charge in [0.2, 0.25) is 0 Å². The van der Waals surface area contributed by atoms with Gasteiger partial charge in [0.05, 0.1) is 26.9 Å². The number of methoxy groups -OCH3 is 3. The van der Waals surface area contributed by atoms with Crippen molar-refractivity contribution in [3.8, 4) is 39.6 Å². The Hall–Kier alpha value is -2.95. The van der Waals surface area contributed by atoms with Crippen molar-refractivity contribution in [1.29, 1.82) is 0 Å². The summed E-state index contributed by atoms with van der Waals surface area (Å²) in [5, 5.41) is 4.19. The molecule has 0 saturated heterocycles. The lowest BCUT2D eigenvalue weighted by Gasteiger charge is -2.13.